The minimum Gasteiger partial charge on any atom is -0.331 e. The Balaban J connectivity index is 1.86. The lowest BCUT2D eigenvalue weighted by molar-refractivity contribution is 0.590. The summed E-state index contributed by atoms with van der Waals surface area (Å²) in [6.07, 6.45) is 9.47. The van der Waals surface area contributed by atoms with Crippen LogP contribution in [0.25, 0.3) is 5.69 Å². The van der Waals surface area contributed by atoms with E-state index in [2.05, 4.69) is 65.8 Å². The van der Waals surface area contributed by atoms with Gasteiger partial charge < -0.3 is 9.13 Å². The third-order valence-corrected chi connectivity index (χ3v) is 3.55. The molecule has 0 saturated carbocycles. The van der Waals surface area contributed by atoms with E-state index >= 15 is 0 Å². The fourth-order valence-corrected chi connectivity index (χ4v) is 2.29. The summed E-state index contributed by atoms with van der Waals surface area (Å²) in [4.78, 5) is 8.52. The lowest BCUT2D eigenvalue weighted by Crippen LogP contribution is -2.11. The highest BCUT2D eigenvalue weighted by Gasteiger charge is 2.14. The number of hydrogen-bond donors (Lipinski definition) is 0. The molecule has 3 rings (SSSR count). The molecule has 21 heavy (non-hydrogen) atoms. The van der Waals surface area contributed by atoms with Crippen molar-refractivity contribution in [2.45, 2.75) is 32.7 Å². The maximum Gasteiger partial charge on any atom is 0.0996 e. The first-order valence-corrected chi connectivity index (χ1v) is 7.12. The lowest BCUT2D eigenvalue weighted by Gasteiger charge is -2.19. The van der Waals surface area contributed by atoms with Crippen molar-refractivity contribution >= 4 is 0 Å². The predicted molar refractivity (Wildman–Crippen MR) is 83.6 cm³/mol. The van der Waals surface area contributed by atoms with Gasteiger partial charge in [-0.25, -0.2) is 9.97 Å². The van der Waals surface area contributed by atoms with Crippen LogP contribution in [0.4, 0.5) is 0 Å². The monoisotopic (exact) mass is 280 g/mol. The van der Waals surface area contributed by atoms with Gasteiger partial charge in [-0.3, -0.25) is 0 Å². The van der Waals surface area contributed by atoms with Gasteiger partial charge in [0.15, 0.2) is 0 Å². The smallest absolute Gasteiger partial charge is 0.0996 e. The maximum atomic E-state index is 4.47. The Morgan fingerprint density at radius 3 is 2.71 bits per heavy atom. The molecule has 1 aromatic carbocycles. The van der Waals surface area contributed by atoms with Gasteiger partial charge in [-0.1, -0.05) is 32.9 Å². The quantitative estimate of drug-likeness (QED) is 0.737. The fourth-order valence-electron chi connectivity index (χ4n) is 2.29. The molecule has 4 heteroatoms. The summed E-state index contributed by atoms with van der Waals surface area (Å²) in [6.45, 7) is 7.42. The van der Waals surface area contributed by atoms with Crippen molar-refractivity contribution in [2.75, 3.05) is 0 Å². The summed E-state index contributed by atoms with van der Waals surface area (Å²) in [5, 5.41) is 0. The average molecular weight is 280 g/mol. The Morgan fingerprint density at radius 2 is 2.00 bits per heavy atom. The minimum absolute atomic E-state index is 0.149. The minimum atomic E-state index is 0.149. The van der Waals surface area contributed by atoms with Gasteiger partial charge in [-0.05, 0) is 23.1 Å². The molecule has 0 unspecified atom stereocenters. The third kappa shape index (κ3) is 3.05. The van der Waals surface area contributed by atoms with E-state index in [1.807, 2.05) is 17.1 Å². The first-order valence-electron chi connectivity index (χ1n) is 7.12. The van der Waals surface area contributed by atoms with Crippen molar-refractivity contribution in [3.8, 4) is 5.69 Å². The van der Waals surface area contributed by atoms with Crippen LogP contribution < -0.4 is 0 Å². The molecule has 0 radical (unpaired) electrons. The second-order valence-electron chi connectivity index (χ2n) is 6.31. The average Bonchev–Trinajstić information content (AvgIpc) is 3.10. The molecule has 2 heterocycles. The van der Waals surface area contributed by atoms with Crippen LogP contribution in [0.15, 0.2) is 55.5 Å². The van der Waals surface area contributed by atoms with Gasteiger partial charge in [0.05, 0.1) is 24.9 Å². The van der Waals surface area contributed by atoms with E-state index < -0.39 is 0 Å². The summed E-state index contributed by atoms with van der Waals surface area (Å²) in [5.74, 6) is 0. The van der Waals surface area contributed by atoms with Crippen molar-refractivity contribution in [1.82, 2.24) is 19.1 Å². The van der Waals surface area contributed by atoms with Crippen molar-refractivity contribution in [1.29, 1.82) is 0 Å². The van der Waals surface area contributed by atoms with Gasteiger partial charge in [0, 0.05) is 24.3 Å². The largest absolute Gasteiger partial charge is 0.331 e. The van der Waals surface area contributed by atoms with Gasteiger partial charge >= 0.3 is 0 Å². The van der Waals surface area contributed by atoms with Crippen molar-refractivity contribution in [3.63, 3.8) is 0 Å². The van der Waals surface area contributed by atoms with Gasteiger partial charge in [0.25, 0.3) is 0 Å². The van der Waals surface area contributed by atoms with Crippen LogP contribution in [-0.4, -0.2) is 19.1 Å². The van der Waals surface area contributed by atoms with Crippen LogP contribution in [-0.2, 0) is 12.0 Å². The van der Waals surface area contributed by atoms with Gasteiger partial charge in [-0.15, -0.1) is 0 Å². The Labute approximate surface area is 125 Å². The molecule has 4 nitrogen and oxygen atoms in total. The Kier molecular flexibility index (Phi) is 3.37. The zero-order valence-electron chi connectivity index (χ0n) is 12.7. The van der Waals surface area contributed by atoms with Crippen molar-refractivity contribution in [2.24, 2.45) is 0 Å². The van der Waals surface area contributed by atoms with E-state index in [0.717, 1.165) is 17.9 Å². The summed E-state index contributed by atoms with van der Waals surface area (Å²) in [5.41, 5.74) is 3.64. The summed E-state index contributed by atoms with van der Waals surface area (Å²) >= 11 is 0. The molecule has 0 aliphatic carbocycles. The van der Waals surface area contributed by atoms with Crippen LogP contribution in [0.1, 0.15) is 32.0 Å². The zero-order valence-corrected chi connectivity index (χ0v) is 12.7. The fraction of sp³-hybridized carbons (Fsp3) is 0.294. The van der Waals surface area contributed by atoms with E-state index in [9.17, 15) is 0 Å². The topological polar surface area (TPSA) is 35.6 Å². The molecule has 0 amide bonds. The van der Waals surface area contributed by atoms with E-state index in [0.29, 0.717) is 0 Å². The third-order valence-electron chi connectivity index (χ3n) is 3.55. The van der Waals surface area contributed by atoms with Crippen molar-refractivity contribution in [3.05, 3.63) is 66.8 Å². The molecule has 0 N–H and O–H groups in total. The van der Waals surface area contributed by atoms with Crippen LogP contribution in [0.3, 0.4) is 0 Å². The molecule has 0 bridgehead atoms. The second-order valence-corrected chi connectivity index (χ2v) is 6.31. The maximum absolute atomic E-state index is 4.47. The van der Waals surface area contributed by atoms with Gasteiger partial charge in [0.1, 0.15) is 0 Å². The number of hydrogen-bond acceptors (Lipinski definition) is 2. The molecule has 0 aliphatic rings. The highest BCUT2D eigenvalue weighted by molar-refractivity contribution is 5.38. The number of nitrogens with zero attached hydrogens (tertiary/aromatic N) is 4. The van der Waals surface area contributed by atoms with Crippen LogP contribution in [0.5, 0.6) is 0 Å². The Bertz CT molecular complexity index is 717. The molecule has 3 aromatic rings. The molecule has 108 valence electrons. The highest BCUT2D eigenvalue weighted by atomic mass is 15.1. The number of imidazole rings is 2. The molecule has 0 spiro atoms. The summed E-state index contributed by atoms with van der Waals surface area (Å²) in [6, 6.07) is 8.61. The number of benzene rings is 1. The SMILES string of the molecule is CC(C)(C)c1cccc(-n2cnc(Cn3ccnc3)c2)c1. The predicted octanol–water partition coefficient (Wildman–Crippen LogP) is 3.41. The molecule has 0 atom stereocenters. The molecular weight excluding hydrogens is 260 g/mol. The lowest BCUT2D eigenvalue weighted by atomic mass is 9.87. The van der Waals surface area contributed by atoms with E-state index in [1.165, 1.54) is 5.56 Å². The van der Waals surface area contributed by atoms with Crippen LogP contribution in [0.2, 0.25) is 0 Å². The number of aromatic nitrogens is 4. The van der Waals surface area contributed by atoms with Gasteiger partial charge in [0.2, 0.25) is 0 Å². The molecule has 0 saturated heterocycles. The highest BCUT2D eigenvalue weighted by Crippen LogP contribution is 2.24. The van der Waals surface area contributed by atoms with Crippen molar-refractivity contribution < 1.29 is 0 Å². The van der Waals surface area contributed by atoms with E-state index in [1.54, 1.807) is 12.5 Å². The molecule has 2 aromatic heterocycles. The van der Waals surface area contributed by atoms with Crippen LogP contribution >= 0.6 is 0 Å². The first kappa shape index (κ1) is 13.6. The van der Waals surface area contributed by atoms with Gasteiger partial charge in [-0.2, -0.15) is 0 Å². The summed E-state index contributed by atoms with van der Waals surface area (Å²) < 4.78 is 4.08. The Hall–Kier alpha value is -2.36. The number of rotatable bonds is 3. The van der Waals surface area contributed by atoms with Crippen LogP contribution in [0, 0.1) is 0 Å². The molecular formula is C17H20N4. The van der Waals surface area contributed by atoms with E-state index in [4.69, 9.17) is 0 Å². The summed E-state index contributed by atoms with van der Waals surface area (Å²) in [7, 11) is 0. The molecule has 0 fully saturated rings. The Morgan fingerprint density at radius 1 is 1.14 bits per heavy atom. The standard InChI is InChI=1S/C17H20N4/c1-17(2,3)14-5-4-6-16(9-14)21-11-15(19-13-21)10-20-8-7-18-12-20/h4-9,11-13H,10H2,1-3H3. The van der Waals surface area contributed by atoms with E-state index in [-0.39, 0.29) is 5.41 Å². The second kappa shape index (κ2) is 5.20. The zero-order chi connectivity index (χ0) is 14.9. The first-order chi connectivity index (χ1) is 10.0. The molecule has 0 aliphatic heterocycles. The normalized spacial score (nSPS) is 11.8.